The molecule has 6 heteroatoms. The molecular weight excluding hydrogens is 310 g/mol. The minimum atomic E-state index is -0.195. The van der Waals surface area contributed by atoms with Gasteiger partial charge in [0.25, 0.3) is 5.91 Å². The summed E-state index contributed by atoms with van der Waals surface area (Å²) in [6.45, 7) is 1.92. The van der Waals surface area contributed by atoms with Gasteiger partial charge < -0.3 is 4.74 Å². The predicted octanol–water partition coefficient (Wildman–Crippen LogP) is 3.77. The van der Waals surface area contributed by atoms with E-state index in [4.69, 9.17) is 4.74 Å². The first-order valence-electron chi connectivity index (χ1n) is 7.00. The zero-order valence-electron chi connectivity index (χ0n) is 12.7. The zero-order chi connectivity index (χ0) is 16.2. The van der Waals surface area contributed by atoms with Crippen molar-refractivity contribution in [2.75, 3.05) is 12.4 Å². The van der Waals surface area contributed by atoms with Crippen LogP contribution in [0.4, 0.5) is 5.13 Å². The number of rotatable bonds is 4. The lowest BCUT2D eigenvalue weighted by molar-refractivity contribution is 0.102. The lowest BCUT2D eigenvalue weighted by Gasteiger charge is -2.03. The molecule has 5 nitrogen and oxygen atoms in total. The molecule has 116 valence electrons. The molecule has 23 heavy (non-hydrogen) atoms. The van der Waals surface area contributed by atoms with Crippen molar-refractivity contribution in [2.24, 2.45) is 0 Å². The predicted molar refractivity (Wildman–Crippen MR) is 91.0 cm³/mol. The lowest BCUT2D eigenvalue weighted by atomic mass is 10.2. The maximum atomic E-state index is 12.3. The Bertz CT molecular complexity index is 814. The van der Waals surface area contributed by atoms with Crippen LogP contribution in [0, 0.1) is 6.92 Å². The highest BCUT2D eigenvalue weighted by atomic mass is 32.1. The Morgan fingerprint density at radius 3 is 2.65 bits per heavy atom. The molecule has 0 saturated carbocycles. The third-order valence-corrected chi connectivity index (χ3v) is 4.41. The van der Waals surface area contributed by atoms with Crippen LogP contribution in [0.1, 0.15) is 16.1 Å². The first kappa shape index (κ1) is 15.2. The Hall–Kier alpha value is -2.73. The Kier molecular flexibility index (Phi) is 4.34. The highest BCUT2D eigenvalue weighted by molar-refractivity contribution is 7.19. The fraction of sp³-hybridized carbons (Fsp3) is 0.118. The Morgan fingerprint density at radius 2 is 2.00 bits per heavy atom. The van der Waals surface area contributed by atoms with Gasteiger partial charge in [0.05, 0.1) is 17.7 Å². The van der Waals surface area contributed by atoms with Crippen LogP contribution in [0.15, 0.2) is 48.8 Å². The summed E-state index contributed by atoms with van der Waals surface area (Å²) in [7, 11) is 1.59. The van der Waals surface area contributed by atoms with Crippen LogP contribution in [-0.2, 0) is 0 Å². The molecule has 0 saturated heterocycles. The third-order valence-electron chi connectivity index (χ3n) is 3.29. The minimum Gasteiger partial charge on any atom is -0.497 e. The van der Waals surface area contributed by atoms with E-state index in [-0.39, 0.29) is 5.91 Å². The molecule has 0 spiro atoms. The average Bonchev–Trinajstić information content (AvgIpc) is 2.96. The molecule has 0 unspecified atom stereocenters. The van der Waals surface area contributed by atoms with E-state index < -0.39 is 0 Å². The minimum absolute atomic E-state index is 0.195. The molecule has 2 heterocycles. The van der Waals surface area contributed by atoms with E-state index in [1.807, 2.05) is 19.1 Å². The number of thiazole rings is 1. The maximum absolute atomic E-state index is 12.3. The fourth-order valence-corrected chi connectivity index (χ4v) is 3.08. The summed E-state index contributed by atoms with van der Waals surface area (Å²) in [6.07, 6.45) is 3.52. The number of aryl methyl sites for hydroxylation is 1. The van der Waals surface area contributed by atoms with E-state index in [1.54, 1.807) is 43.8 Å². The molecule has 0 aliphatic rings. The first-order valence-corrected chi connectivity index (χ1v) is 7.82. The summed E-state index contributed by atoms with van der Waals surface area (Å²) in [5.41, 5.74) is 2.42. The normalized spacial score (nSPS) is 10.3. The van der Waals surface area contributed by atoms with Gasteiger partial charge in [0.15, 0.2) is 5.13 Å². The molecule has 0 aliphatic heterocycles. The van der Waals surface area contributed by atoms with Crippen LogP contribution in [0.5, 0.6) is 5.75 Å². The second-order valence-corrected chi connectivity index (χ2v) is 5.86. The van der Waals surface area contributed by atoms with E-state index in [0.29, 0.717) is 16.4 Å². The van der Waals surface area contributed by atoms with Crippen molar-refractivity contribution in [3.8, 4) is 16.2 Å². The highest BCUT2D eigenvalue weighted by Crippen LogP contribution is 2.32. The van der Waals surface area contributed by atoms with Crippen LogP contribution >= 0.6 is 11.3 Å². The maximum Gasteiger partial charge on any atom is 0.257 e. The number of ether oxygens (including phenoxy) is 1. The molecule has 0 radical (unpaired) electrons. The molecule has 2 aromatic heterocycles. The monoisotopic (exact) mass is 325 g/mol. The van der Waals surface area contributed by atoms with Gasteiger partial charge in [0.1, 0.15) is 5.75 Å². The summed E-state index contributed by atoms with van der Waals surface area (Å²) in [4.78, 5) is 21.8. The molecule has 3 rings (SSSR count). The number of benzene rings is 1. The van der Waals surface area contributed by atoms with Gasteiger partial charge in [-0.3, -0.25) is 15.1 Å². The topological polar surface area (TPSA) is 64.1 Å². The van der Waals surface area contributed by atoms with Crippen molar-refractivity contribution in [3.63, 3.8) is 0 Å². The van der Waals surface area contributed by atoms with Gasteiger partial charge in [-0.25, -0.2) is 4.98 Å². The van der Waals surface area contributed by atoms with E-state index >= 15 is 0 Å². The largest absolute Gasteiger partial charge is 0.497 e. The Balaban J connectivity index is 1.79. The van der Waals surface area contributed by atoms with E-state index in [0.717, 1.165) is 16.1 Å². The number of aromatic nitrogens is 2. The molecule has 0 bridgehead atoms. The average molecular weight is 325 g/mol. The molecule has 0 fully saturated rings. The number of methoxy groups -OCH3 is 1. The number of hydrogen-bond acceptors (Lipinski definition) is 5. The molecule has 0 atom stereocenters. The number of carbonyl (C=O) groups excluding carboxylic acids is 1. The van der Waals surface area contributed by atoms with Crippen LogP contribution in [-0.4, -0.2) is 23.0 Å². The second kappa shape index (κ2) is 6.58. The summed E-state index contributed by atoms with van der Waals surface area (Å²) >= 11 is 1.44. The summed E-state index contributed by atoms with van der Waals surface area (Å²) in [6, 6.07) is 10.8. The molecule has 1 aromatic carbocycles. The van der Waals surface area contributed by atoms with Crippen LogP contribution in [0.3, 0.4) is 0 Å². The van der Waals surface area contributed by atoms with Crippen molar-refractivity contribution in [1.29, 1.82) is 0 Å². The fourth-order valence-electron chi connectivity index (χ4n) is 2.13. The van der Waals surface area contributed by atoms with E-state index in [1.165, 1.54) is 11.3 Å². The number of pyridine rings is 1. The third kappa shape index (κ3) is 3.37. The Morgan fingerprint density at radius 1 is 1.22 bits per heavy atom. The van der Waals surface area contributed by atoms with Crippen LogP contribution in [0.25, 0.3) is 10.4 Å². The number of hydrogen-bond donors (Lipinski definition) is 1. The Labute approximate surface area is 138 Å². The van der Waals surface area contributed by atoms with Crippen LogP contribution in [0.2, 0.25) is 0 Å². The SMILES string of the molecule is COc1ccc(C(=O)Nc2nc(C)c(-c3cccnc3)s2)cc1. The number of anilines is 1. The van der Waals surface area contributed by atoms with Crippen molar-refractivity contribution < 1.29 is 9.53 Å². The molecule has 0 aliphatic carbocycles. The van der Waals surface area contributed by atoms with E-state index in [2.05, 4.69) is 15.3 Å². The molecule has 1 amide bonds. The van der Waals surface area contributed by atoms with Gasteiger partial charge >= 0.3 is 0 Å². The molecule has 1 N–H and O–H groups in total. The standard InChI is InChI=1S/C17H15N3O2S/c1-11-15(13-4-3-9-18-10-13)23-17(19-11)20-16(21)12-5-7-14(22-2)8-6-12/h3-10H,1-2H3,(H,19,20,21). The van der Waals surface area contributed by atoms with Crippen molar-refractivity contribution in [1.82, 2.24) is 9.97 Å². The summed E-state index contributed by atoms with van der Waals surface area (Å²) in [5, 5.41) is 3.41. The van der Waals surface area contributed by atoms with Crippen LogP contribution < -0.4 is 10.1 Å². The summed E-state index contributed by atoms with van der Waals surface area (Å²) < 4.78 is 5.09. The summed E-state index contributed by atoms with van der Waals surface area (Å²) in [5.74, 6) is 0.518. The van der Waals surface area contributed by atoms with Crippen molar-refractivity contribution >= 4 is 22.4 Å². The quantitative estimate of drug-likeness (QED) is 0.793. The molecule has 3 aromatic rings. The first-order chi connectivity index (χ1) is 11.2. The molecular formula is C17H15N3O2S. The lowest BCUT2D eigenvalue weighted by Crippen LogP contribution is -2.11. The van der Waals surface area contributed by atoms with Gasteiger partial charge in [-0.15, -0.1) is 0 Å². The van der Waals surface area contributed by atoms with Gasteiger partial charge in [0, 0.05) is 23.5 Å². The number of amides is 1. The van der Waals surface area contributed by atoms with E-state index in [9.17, 15) is 4.79 Å². The van der Waals surface area contributed by atoms with Gasteiger partial charge in [-0.05, 0) is 37.3 Å². The number of nitrogens with one attached hydrogen (secondary N) is 1. The smallest absolute Gasteiger partial charge is 0.257 e. The highest BCUT2D eigenvalue weighted by Gasteiger charge is 2.13. The van der Waals surface area contributed by atoms with Crippen molar-refractivity contribution in [3.05, 3.63) is 60.0 Å². The van der Waals surface area contributed by atoms with Gasteiger partial charge in [-0.1, -0.05) is 17.4 Å². The number of nitrogens with zero attached hydrogens (tertiary/aromatic N) is 2. The van der Waals surface area contributed by atoms with Gasteiger partial charge in [-0.2, -0.15) is 0 Å². The zero-order valence-corrected chi connectivity index (χ0v) is 13.6. The second-order valence-electron chi connectivity index (χ2n) is 4.86. The number of carbonyl (C=O) groups is 1. The van der Waals surface area contributed by atoms with Crippen molar-refractivity contribution in [2.45, 2.75) is 6.92 Å². The van der Waals surface area contributed by atoms with Gasteiger partial charge in [0.2, 0.25) is 0 Å².